The summed E-state index contributed by atoms with van der Waals surface area (Å²) in [6.45, 7) is 6.56. The zero-order valence-corrected chi connectivity index (χ0v) is 16.7. The lowest BCUT2D eigenvalue weighted by atomic mass is 9.87. The van der Waals surface area contributed by atoms with Crippen molar-refractivity contribution in [1.29, 1.82) is 0 Å². The van der Waals surface area contributed by atoms with Crippen LogP contribution < -0.4 is 0 Å². The highest BCUT2D eigenvalue weighted by Crippen LogP contribution is 2.25. The van der Waals surface area contributed by atoms with Gasteiger partial charge in [0.15, 0.2) is 0 Å². The van der Waals surface area contributed by atoms with Crippen molar-refractivity contribution >= 4 is 11.6 Å². The molecule has 150 valence electrons. The lowest BCUT2D eigenvalue weighted by Crippen LogP contribution is -2.26. The first kappa shape index (κ1) is 20.2. The van der Waals surface area contributed by atoms with Crippen molar-refractivity contribution in [3.63, 3.8) is 0 Å². The maximum absolute atomic E-state index is 12.5. The van der Waals surface area contributed by atoms with E-state index in [1.807, 2.05) is 24.3 Å². The molecule has 8 nitrogen and oxygen atoms in total. The minimum atomic E-state index is -0.508. The van der Waals surface area contributed by atoms with Crippen LogP contribution >= 0.6 is 0 Å². The molecular weight excluding hydrogens is 372 g/mol. The molecule has 1 aromatic heterocycles. The van der Waals surface area contributed by atoms with E-state index in [0.717, 1.165) is 5.56 Å². The Morgan fingerprint density at radius 2 is 1.69 bits per heavy atom. The molecule has 3 rings (SSSR count). The van der Waals surface area contributed by atoms with Crippen LogP contribution in [0, 0.1) is 10.1 Å². The average molecular weight is 394 g/mol. The molecule has 3 aromatic rings. The number of rotatable bonds is 5. The van der Waals surface area contributed by atoms with Crippen LogP contribution in [0.5, 0.6) is 0 Å². The lowest BCUT2D eigenvalue weighted by Gasteiger charge is -2.18. The van der Waals surface area contributed by atoms with Gasteiger partial charge >= 0.3 is 0 Å². The van der Waals surface area contributed by atoms with E-state index in [9.17, 15) is 14.9 Å². The fourth-order valence-corrected chi connectivity index (χ4v) is 2.77. The Morgan fingerprint density at radius 3 is 2.24 bits per heavy atom. The third-order valence-electron chi connectivity index (χ3n) is 4.51. The van der Waals surface area contributed by atoms with E-state index in [-0.39, 0.29) is 23.6 Å². The van der Waals surface area contributed by atoms with Crippen molar-refractivity contribution in [3.05, 3.63) is 75.7 Å². The summed E-state index contributed by atoms with van der Waals surface area (Å²) < 4.78 is 5.70. The quantitative estimate of drug-likeness (QED) is 0.474. The fourth-order valence-electron chi connectivity index (χ4n) is 2.77. The van der Waals surface area contributed by atoms with Gasteiger partial charge < -0.3 is 9.32 Å². The molecule has 0 bridgehead atoms. The summed E-state index contributed by atoms with van der Waals surface area (Å²) in [5, 5.41) is 18.8. The zero-order valence-electron chi connectivity index (χ0n) is 16.7. The summed E-state index contributed by atoms with van der Waals surface area (Å²) in [5.74, 6) is 0.392. The molecule has 0 atom stereocenters. The molecule has 8 heteroatoms. The van der Waals surface area contributed by atoms with Gasteiger partial charge in [-0.2, -0.15) is 0 Å². The van der Waals surface area contributed by atoms with Crippen LogP contribution in [-0.2, 0) is 12.0 Å². The van der Waals surface area contributed by atoms with Crippen molar-refractivity contribution in [1.82, 2.24) is 15.1 Å². The van der Waals surface area contributed by atoms with Gasteiger partial charge in [-0.1, -0.05) is 32.9 Å². The smallest absolute Gasteiger partial charge is 0.269 e. The molecule has 0 radical (unpaired) electrons. The molecule has 0 unspecified atom stereocenters. The normalized spacial score (nSPS) is 11.3. The molecular formula is C21H22N4O4. The topological polar surface area (TPSA) is 102 Å². The highest BCUT2D eigenvalue weighted by molar-refractivity contribution is 5.94. The van der Waals surface area contributed by atoms with Gasteiger partial charge in [-0.25, -0.2) is 0 Å². The van der Waals surface area contributed by atoms with Gasteiger partial charge in [-0.15, -0.1) is 10.2 Å². The average Bonchev–Trinajstić information content (AvgIpc) is 3.15. The number of hydrogen-bond donors (Lipinski definition) is 0. The van der Waals surface area contributed by atoms with Gasteiger partial charge in [-0.05, 0) is 35.2 Å². The van der Waals surface area contributed by atoms with Crippen molar-refractivity contribution < 1.29 is 14.1 Å². The van der Waals surface area contributed by atoms with E-state index in [1.54, 1.807) is 7.05 Å². The molecule has 0 N–H and O–H groups in total. The Balaban J connectivity index is 1.69. The second-order valence-electron chi connectivity index (χ2n) is 7.79. The van der Waals surface area contributed by atoms with Crippen LogP contribution in [-0.4, -0.2) is 33.0 Å². The molecule has 0 saturated heterocycles. The summed E-state index contributed by atoms with van der Waals surface area (Å²) in [7, 11) is 1.60. The second-order valence-corrected chi connectivity index (χ2v) is 7.79. The monoisotopic (exact) mass is 394 g/mol. The van der Waals surface area contributed by atoms with E-state index >= 15 is 0 Å². The third kappa shape index (κ3) is 4.66. The minimum Gasteiger partial charge on any atom is -0.419 e. The SMILES string of the molecule is CN(Cc1nnc(-c2ccc(C(C)(C)C)cc2)o1)C(=O)c1ccc([N+](=O)[O-])cc1. The Morgan fingerprint density at radius 1 is 1.07 bits per heavy atom. The number of carbonyl (C=O) groups excluding carboxylic acids is 1. The van der Waals surface area contributed by atoms with E-state index in [1.165, 1.54) is 34.7 Å². The standard InChI is InChI=1S/C21H22N4O4/c1-21(2,3)16-9-5-14(6-10-16)19-23-22-18(29-19)13-24(4)20(26)15-7-11-17(12-8-15)25(27)28/h5-12H,13H2,1-4H3. The number of amides is 1. The molecule has 0 aliphatic rings. The van der Waals surface area contributed by atoms with Crippen molar-refractivity contribution in [3.8, 4) is 11.5 Å². The van der Waals surface area contributed by atoms with Crippen LogP contribution in [0.4, 0.5) is 5.69 Å². The van der Waals surface area contributed by atoms with Crippen LogP contribution in [0.3, 0.4) is 0 Å². The Bertz CT molecular complexity index is 1020. The number of hydrogen-bond acceptors (Lipinski definition) is 6. The van der Waals surface area contributed by atoms with Gasteiger partial charge in [0.05, 0.1) is 11.5 Å². The molecule has 1 amide bonds. The number of non-ortho nitro benzene ring substituents is 1. The highest BCUT2D eigenvalue weighted by Gasteiger charge is 2.18. The largest absolute Gasteiger partial charge is 0.419 e. The van der Waals surface area contributed by atoms with Gasteiger partial charge in [0, 0.05) is 30.3 Å². The molecule has 2 aromatic carbocycles. The van der Waals surface area contributed by atoms with Crippen molar-refractivity contribution in [2.24, 2.45) is 0 Å². The molecule has 0 spiro atoms. The van der Waals surface area contributed by atoms with Gasteiger partial charge in [0.2, 0.25) is 11.8 Å². The fraction of sp³-hybridized carbons (Fsp3) is 0.286. The van der Waals surface area contributed by atoms with E-state index in [0.29, 0.717) is 17.3 Å². The highest BCUT2D eigenvalue weighted by atomic mass is 16.6. The zero-order chi connectivity index (χ0) is 21.2. The number of nitro groups is 1. The lowest BCUT2D eigenvalue weighted by molar-refractivity contribution is -0.384. The first-order valence-electron chi connectivity index (χ1n) is 9.08. The molecule has 0 saturated carbocycles. The Labute approximate surface area is 168 Å². The van der Waals surface area contributed by atoms with Crippen LogP contribution in [0.15, 0.2) is 52.9 Å². The Kier molecular flexibility index (Phi) is 5.45. The van der Waals surface area contributed by atoms with Gasteiger partial charge in [0.25, 0.3) is 11.6 Å². The molecule has 0 aliphatic heterocycles. The second kappa shape index (κ2) is 7.83. The number of nitro benzene ring substituents is 1. The van der Waals surface area contributed by atoms with E-state index in [4.69, 9.17) is 4.42 Å². The maximum atomic E-state index is 12.5. The predicted octanol–water partition coefficient (Wildman–Crippen LogP) is 4.21. The summed E-state index contributed by atoms with van der Waals surface area (Å²) in [4.78, 5) is 24.1. The van der Waals surface area contributed by atoms with Crippen molar-refractivity contribution in [2.45, 2.75) is 32.7 Å². The third-order valence-corrected chi connectivity index (χ3v) is 4.51. The number of aromatic nitrogens is 2. The summed E-state index contributed by atoms with van der Waals surface area (Å²) in [5.41, 5.74) is 2.34. The van der Waals surface area contributed by atoms with Gasteiger partial charge in [-0.3, -0.25) is 14.9 Å². The summed E-state index contributed by atoms with van der Waals surface area (Å²) in [6.07, 6.45) is 0. The molecule has 1 heterocycles. The van der Waals surface area contributed by atoms with Crippen molar-refractivity contribution in [2.75, 3.05) is 7.05 Å². The van der Waals surface area contributed by atoms with E-state index in [2.05, 4.69) is 31.0 Å². The summed E-state index contributed by atoms with van der Waals surface area (Å²) in [6, 6.07) is 13.4. The molecule has 29 heavy (non-hydrogen) atoms. The molecule has 0 aliphatic carbocycles. The Hall–Kier alpha value is -3.55. The van der Waals surface area contributed by atoms with Crippen LogP contribution in [0.25, 0.3) is 11.5 Å². The first-order chi connectivity index (χ1) is 13.6. The number of nitrogens with zero attached hydrogens (tertiary/aromatic N) is 4. The predicted molar refractivity (Wildman–Crippen MR) is 107 cm³/mol. The number of carbonyl (C=O) groups is 1. The summed E-state index contributed by atoms with van der Waals surface area (Å²) >= 11 is 0. The molecule has 0 fully saturated rings. The van der Waals surface area contributed by atoms with Crippen LogP contribution in [0.1, 0.15) is 42.6 Å². The van der Waals surface area contributed by atoms with Crippen LogP contribution in [0.2, 0.25) is 0 Å². The minimum absolute atomic E-state index is 0.0550. The number of benzene rings is 2. The van der Waals surface area contributed by atoms with E-state index < -0.39 is 4.92 Å². The maximum Gasteiger partial charge on any atom is 0.269 e. The first-order valence-corrected chi connectivity index (χ1v) is 9.08. The van der Waals surface area contributed by atoms with Gasteiger partial charge in [0.1, 0.15) is 0 Å².